The monoisotopic (exact) mass is 375 g/mol. The van der Waals surface area contributed by atoms with E-state index in [1.165, 1.54) is 4.90 Å². The lowest BCUT2D eigenvalue weighted by Crippen LogP contribution is -2.41. The minimum atomic E-state index is -0.158. The van der Waals surface area contributed by atoms with Gasteiger partial charge in [0.05, 0.1) is 30.0 Å². The largest absolute Gasteiger partial charge is 0.382 e. The molecule has 142 valence electrons. The van der Waals surface area contributed by atoms with E-state index in [0.29, 0.717) is 18.3 Å². The maximum absolute atomic E-state index is 12.7. The third-order valence-electron chi connectivity index (χ3n) is 4.66. The van der Waals surface area contributed by atoms with Gasteiger partial charge in [-0.15, -0.1) is 0 Å². The predicted molar refractivity (Wildman–Crippen MR) is 108 cm³/mol. The Balaban J connectivity index is 1.61. The van der Waals surface area contributed by atoms with Gasteiger partial charge in [0, 0.05) is 14.2 Å². The first kappa shape index (κ1) is 17.9. The van der Waals surface area contributed by atoms with E-state index in [-0.39, 0.29) is 11.9 Å². The third kappa shape index (κ3) is 3.52. The van der Waals surface area contributed by atoms with Crippen LogP contribution in [0.1, 0.15) is 17.2 Å². The topological polar surface area (TPSA) is 82.6 Å². The highest BCUT2D eigenvalue weighted by Crippen LogP contribution is 2.21. The molecule has 0 bridgehead atoms. The van der Waals surface area contributed by atoms with Gasteiger partial charge in [-0.3, -0.25) is 9.69 Å². The quantitative estimate of drug-likeness (QED) is 0.672. The second-order valence-corrected chi connectivity index (χ2v) is 6.57. The molecule has 4 rings (SSSR count). The molecule has 1 aromatic heterocycles. The average Bonchev–Trinajstić information content (AvgIpc) is 3.28. The molecule has 0 spiro atoms. The molecule has 0 unspecified atom stereocenters. The van der Waals surface area contributed by atoms with Crippen molar-refractivity contribution in [3.63, 3.8) is 0 Å². The van der Waals surface area contributed by atoms with Crippen molar-refractivity contribution in [3.05, 3.63) is 71.7 Å². The Labute approximate surface area is 162 Å². The van der Waals surface area contributed by atoms with Gasteiger partial charge in [-0.25, -0.2) is 9.98 Å². The maximum atomic E-state index is 12.7. The van der Waals surface area contributed by atoms with E-state index in [0.717, 1.165) is 22.2 Å². The van der Waals surface area contributed by atoms with Crippen LogP contribution < -0.4 is 5.32 Å². The number of fused-ring (bicyclic) bond motifs is 1. The zero-order valence-electron chi connectivity index (χ0n) is 15.7. The predicted octanol–water partition coefficient (Wildman–Crippen LogP) is 2.71. The summed E-state index contributed by atoms with van der Waals surface area (Å²) < 4.78 is 5.34. The van der Waals surface area contributed by atoms with Gasteiger partial charge >= 0.3 is 0 Å². The van der Waals surface area contributed by atoms with Crippen LogP contribution in [0.3, 0.4) is 0 Å². The van der Waals surface area contributed by atoms with Gasteiger partial charge in [-0.2, -0.15) is 0 Å². The van der Waals surface area contributed by atoms with E-state index in [9.17, 15) is 4.79 Å². The Kier molecular flexibility index (Phi) is 4.90. The number of likely N-dealkylation sites (N-methyl/N-ethyl adjacent to an activating group) is 1. The van der Waals surface area contributed by atoms with E-state index in [1.807, 2.05) is 48.5 Å². The van der Waals surface area contributed by atoms with Gasteiger partial charge in [-0.05, 0) is 29.3 Å². The summed E-state index contributed by atoms with van der Waals surface area (Å²) in [6.45, 7) is 0.458. The number of aromatic nitrogens is 2. The first-order valence-electron chi connectivity index (χ1n) is 8.97. The number of carbonyl (C=O) groups is 1. The van der Waals surface area contributed by atoms with Crippen LogP contribution in [0.4, 0.5) is 0 Å². The van der Waals surface area contributed by atoms with Crippen molar-refractivity contribution in [2.45, 2.75) is 6.04 Å². The van der Waals surface area contributed by atoms with Crippen molar-refractivity contribution in [2.24, 2.45) is 4.99 Å². The van der Waals surface area contributed by atoms with Crippen LogP contribution in [0.5, 0.6) is 0 Å². The number of nitrogens with zero attached hydrogens (tertiary/aromatic N) is 3. The molecule has 28 heavy (non-hydrogen) atoms. The van der Waals surface area contributed by atoms with Crippen molar-refractivity contribution >= 4 is 29.0 Å². The Bertz CT molecular complexity index is 1050. The summed E-state index contributed by atoms with van der Waals surface area (Å²) in [5, 5.41) is 3.33. The van der Waals surface area contributed by atoms with E-state index in [2.05, 4.69) is 20.3 Å². The summed E-state index contributed by atoms with van der Waals surface area (Å²) in [6, 6.07) is 15.6. The van der Waals surface area contributed by atoms with E-state index >= 15 is 0 Å². The fourth-order valence-electron chi connectivity index (χ4n) is 3.15. The average molecular weight is 375 g/mol. The number of rotatable bonds is 5. The summed E-state index contributed by atoms with van der Waals surface area (Å²) in [4.78, 5) is 26.0. The van der Waals surface area contributed by atoms with Crippen LogP contribution >= 0.6 is 0 Å². The molecule has 0 radical (unpaired) electrons. The second-order valence-electron chi connectivity index (χ2n) is 6.57. The molecule has 2 aromatic carbocycles. The van der Waals surface area contributed by atoms with Crippen LogP contribution in [0.15, 0.2) is 65.5 Å². The van der Waals surface area contributed by atoms with Crippen LogP contribution in [0.2, 0.25) is 0 Å². The SMILES string of the molecule is COC[C@H](NC1=N/C(=C\c2ccc3[nH]cnc3c2)C(=O)N1C)c1ccccc1. The molecule has 1 aliphatic rings. The molecular formula is C21H21N5O2. The summed E-state index contributed by atoms with van der Waals surface area (Å²) in [7, 11) is 3.36. The molecule has 0 fully saturated rings. The fourth-order valence-corrected chi connectivity index (χ4v) is 3.15. The van der Waals surface area contributed by atoms with Gasteiger partial charge in [0.15, 0.2) is 0 Å². The molecule has 1 aliphatic heterocycles. The number of imidazole rings is 1. The summed E-state index contributed by atoms with van der Waals surface area (Å²) in [5.74, 6) is 0.344. The minimum Gasteiger partial charge on any atom is -0.382 e. The number of hydrogen-bond acceptors (Lipinski definition) is 5. The number of carbonyl (C=O) groups excluding carboxylic acids is 1. The summed E-state index contributed by atoms with van der Waals surface area (Å²) in [5.41, 5.74) is 4.11. The van der Waals surface area contributed by atoms with Gasteiger partial charge in [0.1, 0.15) is 5.70 Å². The molecule has 3 aromatic rings. The minimum absolute atomic E-state index is 0.111. The molecule has 2 N–H and O–H groups in total. The first-order valence-corrected chi connectivity index (χ1v) is 8.97. The lowest BCUT2D eigenvalue weighted by molar-refractivity contribution is -0.121. The molecule has 0 saturated heterocycles. The van der Waals surface area contributed by atoms with Gasteiger partial charge < -0.3 is 15.0 Å². The summed E-state index contributed by atoms with van der Waals surface area (Å²) >= 11 is 0. The lowest BCUT2D eigenvalue weighted by Gasteiger charge is -2.22. The molecule has 1 atom stereocenters. The number of guanidine groups is 1. The Morgan fingerprint density at radius 3 is 2.86 bits per heavy atom. The molecule has 0 saturated carbocycles. The number of nitrogens with one attached hydrogen (secondary N) is 2. The molecule has 0 aliphatic carbocycles. The molecule has 7 heteroatoms. The van der Waals surface area contributed by atoms with Crippen LogP contribution in [-0.4, -0.2) is 47.5 Å². The normalized spacial score (nSPS) is 16.6. The van der Waals surface area contributed by atoms with E-state index in [4.69, 9.17) is 4.74 Å². The number of hydrogen-bond donors (Lipinski definition) is 2. The zero-order valence-corrected chi connectivity index (χ0v) is 15.7. The molecule has 1 amide bonds. The number of methoxy groups -OCH3 is 1. The van der Waals surface area contributed by atoms with Gasteiger partial charge in [-0.1, -0.05) is 36.4 Å². The van der Waals surface area contributed by atoms with Crippen LogP contribution in [-0.2, 0) is 9.53 Å². The van der Waals surface area contributed by atoms with Crippen LogP contribution in [0.25, 0.3) is 17.1 Å². The highest BCUT2D eigenvalue weighted by Gasteiger charge is 2.28. The number of aromatic amines is 1. The summed E-state index contributed by atoms with van der Waals surface area (Å²) in [6.07, 6.45) is 3.42. The Morgan fingerprint density at radius 1 is 1.25 bits per heavy atom. The number of amides is 1. The number of benzene rings is 2. The highest BCUT2D eigenvalue weighted by atomic mass is 16.5. The number of aliphatic imine (C=N–C) groups is 1. The van der Waals surface area contributed by atoms with Gasteiger partial charge in [0.2, 0.25) is 5.96 Å². The van der Waals surface area contributed by atoms with Crippen molar-refractivity contribution in [1.82, 2.24) is 20.2 Å². The first-order chi connectivity index (χ1) is 13.7. The molecular weight excluding hydrogens is 354 g/mol. The van der Waals surface area contributed by atoms with Crippen LogP contribution in [0, 0.1) is 0 Å². The van der Waals surface area contributed by atoms with E-state index < -0.39 is 0 Å². The van der Waals surface area contributed by atoms with Crippen molar-refractivity contribution in [3.8, 4) is 0 Å². The fraction of sp³-hybridized carbons (Fsp3) is 0.190. The standard InChI is InChI=1S/C21H21N5O2/c1-26-20(27)18(11-14-8-9-16-17(10-14)23-13-22-16)24-21(26)25-19(12-28-2)15-6-4-3-5-7-15/h3-11,13,19H,12H2,1-2H3,(H,22,23)(H,24,25)/b18-11-/t19-/m0/s1. The zero-order chi connectivity index (χ0) is 19.5. The smallest absolute Gasteiger partial charge is 0.279 e. The second kappa shape index (κ2) is 7.66. The third-order valence-corrected chi connectivity index (χ3v) is 4.66. The van der Waals surface area contributed by atoms with Gasteiger partial charge in [0.25, 0.3) is 5.91 Å². The Morgan fingerprint density at radius 2 is 2.07 bits per heavy atom. The number of ether oxygens (including phenoxy) is 1. The maximum Gasteiger partial charge on any atom is 0.279 e. The highest BCUT2D eigenvalue weighted by molar-refractivity contribution is 6.13. The van der Waals surface area contributed by atoms with E-state index in [1.54, 1.807) is 26.6 Å². The lowest BCUT2D eigenvalue weighted by atomic mass is 10.1. The van der Waals surface area contributed by atoms with Crippen molar-refractivity contribution in [1.29, 1.82) is 0 Å². The van der Waals surface area contributed by atoms with Crippen molar-refractivity contribution < 1.29 is 9.53 Å². The number of H-pyrrole nitrogens is 1. The molecule has 2 heterocycles. The van der Waals surface area contributed by atoms with Crippen molar-refractivity contribution in [2.75, 3.05) is 20.8 Å². The molecule has 7 nitrogen and oxygen atoms in total. The Hall–Kier alpha value is -3.45.